The maximum absolute atomic E-state index is 13.2. The average Bonchev–Trinajstić information content (AvgIpc) is 2.53. The molecule has 0 bridgehead atoms. The van der Waals surface area contributed by atoms with Crippen molar-refractivity contribution in [2.45, 2.75) is 24.3 Å². The monoisotopic (exact) mass is 330 g/mol. The van der Waals surface area contributed by atoms with Crippen LogP contribution in [0.25, 0.3) is 0 Å². The summed E-state index contributed by atoms with van der Waals surface area (Å²) in [7, 11) is 0.529. The Balaban J connectivity index is 2.11. The van der Waals surface area contributed by atoms with Gasteiger partial charge in [0.2, 0.25) is 0 Å². The third kappa shape index (κ3) is 2.75. The van der Waals surface area contributed by atoms with Crippen molar-refractivity contribution >= 4 is 15.7 Å². The Kier molecular flexibility index (Phi) is 4.17. The Morgan fingerprint density at radius 2 is 1.70 bits per heavy atom. The van der Waals surface area contributed by atoms with E-state index in [4.69, 9.17) is 0 Å². The van der Waals surface area contributed by atoms with Gasteiger partial charge in [0.25, 0.3) is 10.0 Å². The molecule has 0 spiro atoms. The Morgan fingerprint density at radius 1 is 1.04 bits per heavy atom. The van der Waals surface area contributed by atoms with Gasteiger partial charge in [0.05, 0.1) is 10.6 Å². The van der Waals surface area contributed by atoms with Gasteiger partial charge in [-0.2, -0.15) is 0 Å². The third-order valence-electron chi connectivity index (χ3n) is 4.46. The van der Waals surface area contributed by atoms with Gasteiger partial charge in [-0.15, -0.1) is 0 Å². The lowest BCUT2D eigenvalue weighted by molar-refractivity contribution is 0.281. The van der Waals surface area contributed by atoms with Crippen molar-refractivity contribution < 1.29 is 8.42 Å². The normalized spacial score (nSPS) is 18.1. The van der Waals surface area contributed by atoms with Crippen molar-refractivity contribution in [2.24, 2.45) is 0 Å². The summed E-state index contributed by atoms with van der Waals surface area (Å²) < 4.78 is 27.9. The molecule has 0 saturated heterocycles. The van der Waals surface area contributed by atoms with Crippen molar-refractivity contribution in [3.8, 4) is 0 Å². The molecule has 0 fully saturated rings. The molecule has 0 saturated carbocycles. The van der Waals surface area contributed by atoms with Gasteiger partial charge in [0.1, 0.15) is 0 Å². The van der Waals surface area contributed by atoms with Gasteiger partial charge in [-0.25, -0.2) is 8.42 Å². The number of rotatable bonds is 3. The fraction of sp³-hybridized carbons (Fsp3) is 0.333. The quantitative estimate of drug-likeness (QED) is 0.868. The van der Waals surface area contributed by atoms with E-state index in [-0.39, 0.29) is 6.04 Å². The van der Waals surface area contributed by atoms with Gasteiger partial charge in [-0.05, 0) is 50.7 Å². The zero-order valence-corrected chi connectivity index (χ0v) is 14.5. The summed E-state index contributed by atoms with van der Waals surface area (Å²) in [5.41, 5.74) is 2.64. The van der Waals surface area contributed by atoms with Crippen LogP contribution in [0.1, 0.15) is 23.6 Å². The second kappa shape index (κ2) is 5.98. The van der Waals surface area contributed by atoms with Crippen molar-refractivity contribution in [3.05, 3.63) is 59.7 Å². The van der Waals surface area contributed by atoms with Gasteiger partial charge >= 0.3 is 0 Å². The predicted octanol–water partition coefficient (Wildman–Crippen LogP) is 3.20. The minimum atomic E-state index is -3.54. The molecule has 1 aliphatic rings. The smallest absolute Gasteiger partial charge is 0.264 e. The molecule has 1 heterocycles. The lowest BCUT2D eigenvalue weighted by atomic mass is 9.97. The molecule has 2 aromatic carbocycles. The summed E-state index contributed by atoms with van der Waals surface area (Å²) in [5.74, 6) is 0. The van der Waals surface area contributed by atoms with Crippen LogP contribution in [0.15, 0.2) is 53.4 Å². The Labute approximate surface area is 138 Å². The van der Waals surface area contributed by atoms with Crippen LogP contribution in [-0.4, -0.2) is 34.0 Å². The highest BCUT2D eigenvalue weighted by Gasteiger charge is 2.34. The second-order valence-corrected chi connectivity index (χ2v) is 8.00. The van der Waals surface area contributed by atoms with E-state index in [2.05, 4.69) is 4.90 Å². The highest BCUT2D eigenvalue weighted by Crippen LogP contribution is 2.39. The number of benzene rings is 2. The van der Waals surface area contributed by atoms with Crippen LogP contribution in [-0.2, 0) is 10.0 Å². The van der Waals surface area contributed by atoms with Crippen LogP contribution in [0.4, 0.5) is 5.69 Å². The summed E-state index contributed by atoms with van der Waals surface area (Å²) >= 11 is 0. The number of hydrogen-bond acceptors (Lipinski definition) is 3. The molecule has 1 unspecified atom stereocenters. The second-order valence-electron chi connectivity index (χ2n) is 6.17. The van der Waals surface area contributed by atoms with Crippen LogP contribution in [0.3, 0.4) is 0 Å². The van der Waals surface area contributed by atoms with Crippen molar-refractivity contribution in [2.75, 3.05) is 24.9 Å². The van der Waals surface area contributed by atoms with Crippen LogP contribution >= 0.6 is 0 Å². The first-order chi connectivity index (χ1) is 10.9. The topological polar surface area (TPSA) is 40.6 Å². The molecule has 5 heteroatoms. The first-order valence-corrected chi connectivity index (χ1v) is 9.20. The van der Waals surface area contributed by atoms with Gasteiger partial charge in [-0.3, -0.25) is 4.31 Å². The molecule has 4 nitrogen and oxygen atoms in total. The Hall–Kier alpha value is -1.85. The summed E-state index contributed by atoms with van der Waals surface area (Å²) in [6.45, 7) is 2.34. The maximum Gasteiger partial charge on any atom is 0.264 e. The minimum Gasteiger partial charge on any atom is -0.302 e. The fourth-order valence-corrected chi connectivity index (χ4v) is 5.00. The van der Waals surface area contributed by atoms with Gasteiger partial charge < -0.3 is 4.90 Å². The van der Waals surface area contributed by atoms with E-state index in [0.717, 1.165) is 23.2 Å². The van der Waals surface area contributed by atoms with E-state index in [1.807, 2.05) is 57.4 Å². The lowest BCUT2D eigenvalue weighted by Crippen LogP contribution is -2.39. The number of sulfonamides is 1. The van der Waals surface area contributed by atoms with Crippen LogP contribution < -0.4 is 4.31 Å². The molecule has 0 radical (unpaired) electrons. The van der Waals surface area contributed by atoms with E-state index in [1.165, 1.54) is 0 Å². The molecule has 0 aromatic heterocycles. The molecule has 0 N–H and O–H groups in total. The van der Waals surface area contributed by atoms with Crippen molar-refractivity contribution in [3.63, 3.8) is 0 Å². The van der Waals surface area contributed by atoms with E-state index in [0.29, 0.717) is 11.4 Å². The lowest BCUT2D eigenvalue weighted by Gasteiger charge is -2.37. The first-order valence-electron chi connectivity index (χ1n) is 7.76. The Morgan fingerprint density at radius 3 is 2.39 bits per heavy atom. The summed E-state index contributed by atoms with van der Waals surface area (Å²) in [5, 5.41) is 0. The van der Waals surface area contributed by atoms with Crippen LogP contribution in [0.2, 0.25) is 0 Å². The highest BCUT2D eigenvalue weighted by molar-refractivity contribution is 7.92. The standard InChI is InChI=1S/C18H22N2O2S/c1-14-8-4-7-11-18(14)23(21,22)20-13-12-16(19(2)3)15-9-5-6-10-17(15)20/h4-11,16H,12-13H2,1-3H3. The van der Waals surface area contributed by atoms with Gasteiger partial charge in [0, 0.05) is 12.6 Å². The van der Waals surface area contributed by atoms with Crippen molar-refractivity contribution in [1.29, 1.82) is 0 Å². The number of anilines is 1. The Bertz CT molecular complexity index is 815. The minimum absolute atomic E-state index is 0.245. The average molecular weight is 330 g/mol. The number of aryl methyl sites for hydroxylation is 1. The molecule has 122 valence electrons. The summed E-state index contributed by atoms with van der Waals surface area (Å²) in [6.07, 6.45) is 0.787. The van der Waals surface area contributed by atoms with Gasteiger partial charge in [-0.1, -0.05) is 36.4 Å². The molecular formula is C18H22N2O2S. The van der Waals surface area contributed by atoms with E-state index in [1.54, 1.807) is 16.4 Å². The van der Waals surface area contributed by atoms with Gasteiger partial charge in [0.15, 0.2) is 0 Å². The maximum atomic E-state index is 13.2. The van der Waals surface area contributed by atoms with E-state index in [9.17, 15) is 8.42 Å². The molecular weight excluding hydrogens is 308 g/mol. The molecule has 1 aliphatic heterocycles. The number of para-hydroxylation sites is 1. The molecule has 3 rings (SSSR count). The number of nitrogens with zero attached hydrogens (tertiary/aromatic N) is 2. The predicted molar refractivity (Wildman–Crippen MR) is 93.2 cm³/mol. The molecule has 1 atom stereocenters. The zero-order valence-electron chi connectivity index (χ0n) is 13.7. The summed E-state index contributed by atoms with van der Waals surface area (Å²) in [6, 6.07) is 15.2. The molecule has 0 amide bonds. The molecule has 23 heavy (non-hydrogen) atoms. The van der Waals surface area contributed by atoms with Crippen LogP contribution in [0.5, 0.6) is 0 Å². The first kappa shape index (κ1) is 16.0. The third-order valence-corrected chi connectivity index (χ3v) is 6.43. The van der Waals surface area contributed by atoms with E-state index < -0.39 is 10.0 Å². The largest absolute Gasteiger partial charge is 0.302 e. The van der Waals surface area contributed by atoms with E-state index >= 15 is 0 Å². The van der Waals surface area contributed by atoms with Crippen LogP contribution in [0, 0.1) is 6.92 Å². The summed E-state index contributed by atoms with van der Waals surface area (Å²) in [4.78, 5) is 2.54. The zero-order chi connectivity index (χ0) is 16.6. The fourth-order valence-electron chi connectivity index (χ4n) is 3.26. The SMILES string of the molecule is Cc1ccccc1S(=O)(=O)N1CCC(N(C)C)c2ccccc21. The van der Waals surface area contributed by atoms with Crippen molar-refractivity contribution in [1.82, 2.24) is 4.90 Å². The number of hydrogen-bond donors (Lipinski definition) is 0. The highest BCUT2D eigenvalue weighted by atomic mass is 32.2. The number of fused-ring (bicyclic) bond motifs is 1. The molecule has 0 aliphatic carbocycles. The molecule has 2 aromatic rings.